The second kappa shape index (κ2) is 8.43. The monoisotopic (exact) mass is 408 g/mol. The number of aryl methyl sites for hydroxylation is 2. The average molecular weight is 409 g/mol. The summed E-state index contributed by atoms with van der Waals surface area (Å²) in [6.07, 6.45) is 1.96. The third kappa shape index (κ3) is 4.71. The van der Waals surface area contributed by atoms with E-state index in [9.17, 15) is 9.59 Å². The van der Waals surface area contributed by atoms with Crippen LogP contribution in [0.2, 0.25) is 0 Å². The lowest BCUT2D eigenvalue weighted by molar-refractivity contribution is 0.0550. The second-order valence-electron chi connectivity index (χ2n) is 7.57. The molecule has 29 heavy (non-hydrogen) atoms. The van der Waals surface area contributed by atoms with Crippen molar-refractivity contribution in [3.05, 3.63) is 91.6 Å². The number of nitrogens with zero attached hydrogens (tertiary/aromatic N) is 1. The van der Waals surface area contributed by atoms with E-state index in [0.717, 1.165) is 34.4 Å². The van der Waals surface area contributed by atoms with Crippen LogP contribution in [0.4, 0.5) is 0 Å². The Kier molecular flexibility index (Phi) is 5.74. The molecule has 1 N–H and O–H groups in total. The van der Waals surface area contributed by atoms with Gasteiger partial charge in [0.1, 0.15) is 6.73 Å². The Balaban J connectivity index is 1.68. The summed E-state index contributed by atoms with van der Waals surface area (Å²) in [5, 5.41) is 0.694. The molecule has 1 fully saturated rings. The van der Waals surface area contributed by atoms with Gasteiger partial charge in [0.2, 0.25) is 0 Å². The summed E-state index contributed by atoms with van der Waals surface area (Å²) in [7, 11) is 0. The number of ether oxygens (including phenoxy) is 1. The first-order valence-corrected chi connectivity index (χ1v) is 10.6. The predicted molar refractivity (Wildman–Crippen MR) is 115 cm³/mol. The van der Waals surface area contributed by atoms with Crippen LogP contribution in [0, 0.1) is 13.8 Å². The van der Waals surface area contributed by atoms with Crippen LogP contribution >= 0.6 is 11.8 Å². The number of rotatable bonds is 7. The van der Waals surface area contributed by atoms with Crippen LogP contribution in [0.5, 0.6) is 0 Å². The Labute approximate surface area is 173 Å². The summed E-state index contributed by atoms with van der Waals surface area (Å²) < 4.78 is 7.39. The Morgan fingerprint density at radius 2 is 1.76 bits per heavy atom. The zero-order valence-corrected chi connectivity index (χ0v) is 17.4. The number of aromatic amines is 1. The van der Waals surface area contributed by atoms with Crippen molar-refractivity contribution in [2.75, 3.05) is 0 Å². The quantitative estimate of drug-likeness (QED) is 0.590. The largest absolute Gasteiger partial charge is 0.356 e. The molecule has 3 aromatic rings. The standard InChI is InChI=1S/C23H24N2O3S/c1-15-10-16(2)12-19(11-15)29-22-20(18-8-9-18)21(26)24-23(27)25(22)14-28-13-17-6-4-3-5-7-17/h3-7,10-12,18H,8-9,13-14H2,1-2H3,(H,24,26,27). The molecular weight excluding hydrogens is 384 g/mol. The van der Waals surface area contributed by atoms with Crippen molar-refractivity contribution in [3.8, 4) is 0 Å². The lowest BCUT2D eigenvalue weighted by Crippen LogP contribution is -2.34. The zero-order chi connectivity index (χ0) is 20.4. The van der Waals surface area contributed by atoms with E-state index in [2.05, 4.69) is 23.2 Å². The van der Waals surface area contributed by atoms with Gasteiger partial charge in [-0.05, 0) is 61.4 Å². The minimum absolute atomic E-state index is 0.0946. The van der Waals surface area contributed by atoms with Gasteiger partial charge >= 0.3 is 5.69 Å². The van der Waals surface area contributed by atoms with Gasteiger partial charge in [-0.2, -0.15) is 0 Å². The van der Waals surface area contributed by atoms with E-state index in [0.29, 0.717) is 17.2 Å². The van der Waals surface area contributed by atoms with E-state index in [1.165, 1.54) is 11.8 Å². The third-order valence-electron chi connectivity index (χ3n) is 4.91. The molecule has 0 radical (unpaired) electrons. The highest BCUT2D eigenvalue weighted by molar-refractivity contribution is 7.99. The van der Waals surface area contributed by atoms with Crippen LogP contribution in [-0.4, -0.2) is 9.55 Å². The first kappa shape index (κ1) is 19.7. The molecule has 5 nitrogen and oxygen atoms in total. The fraction of sp³-hybridized carbons (Fsp3) is 0.304. The molecule has 1 heterocycles. The molecule has 4 rings (SSSR count). The van der Waals surface area contributed by atoms with Gasteiger partial charge in [0.25, 0.3) is 5.56 Å². The highest BCUT2D eigenvalue weighted by Crippen LogP contribution is 2.43. The smallest absolute Gasteiger partial charge is 0.331 e. The molecule has 0 unspecified atom stereocenters. The van der Waals surface area contributed by atoms with Gasteiger partial charge < -0.3 is 4.74 Å². The van der Waals surface area contributed by atoms with E-state index in [4.69, 9.17) is 4.74 Å². The second-order valence-corrected chi connectivity index (χ2v) is 8.63. The third-order valence-corrected chi connectivity index (χ3v) is 6.02. The minimum Gasteiger partial charge on any atom is -0.356 e. The SMILES string of the molecule is Cc1cc(C)cc(Sc2c(C3CC3)c(=O)[nH]c(=O)n2COCc2ccccc2)c1. The minimum atomic E-state index is -0.431. The fourth-order valence-corrected chi connectivity index (χ4v) is 4.79. The number of hydrogen-bond donors (Lipinski definition) is 1. The summed E-state index contributed by atoms with van der Waals surface area (Å²) in [5.74, 6) is 0.216. The Morgan fingerprint density at radius 3 is 2.41 bits per heavy atom. The molecule has 0 bridgehead atoms. The molecule has 1 aliphatic rings. The summed E-state index contributed by atoms with van der Waals surface area (Å²) in [5.41, 5.74) is 3.34. The lowest BCUT2D eigenvalue weighted by atomic mass is 10.2. The Hall–Kier alpha value is -2.57. The summed E-state index contributed by atoms with van der Waals surface area (Å²) in [4.78, 5) is 28.7. The molecule has 1 saturated carbocycles. The zero-order valence-electron chi connectivity index (χ0n) is 16.6. The van der Waals surface area contributed by atoms with Crippen LogP contribution in [-0.2, 0) is 18.1 Å². The average Bonchev–Trinajstić information content (AvgIpc) is 3.49. The van der Waals surface area contributed by atoms with Gasteiger partial charge in [0, 0.05) is 4.90 Å². The maximum atomic E-state index is 12.6. The molecule has 6 heteroatoms. The molecule has 1 aliphatic carbocycles. The topological polar surface area (TPSA) is 64.1 Å². The lowest BCUT2D eigenvalue weighted by Gasteiger charge is -2.16. The summed E-state index contributed by atoms with van der Waals surface area (Å²) in [6, 6.07) is 16.1. The van der Waals surface area contributed by atoms with Crippen molar-refractivity contribution in [2.45, 2.75) is 55.9 Å². The molecular formula is C23H24N2O3S. The molecule has 1 aromatic heterocycles. The van der Waals surface area contributed by atoms with Gasteiger partial charge in [-0.3, -0.25) is 14.3 Å². The Morgan fingerprint density at radius 1 is 1.07 bits per heavy atom. The molecule has 150 valence electrons. The number of benzene rings is 2. The maximum Gasteiger partial charge on any atom is 0.331 e. The molecule has 0 amide bonds. The van der Waals surface area contributed by atoms with Gasteiger partial charge in [0.05, 0.1) is 17.2 Å². The first-order chi connectivity index (χ1) is 14.0. The molecule has 0 saturated heterocycles. The van der Waals surface area contributed by atoms with E-state index in [1.807, 2.05) is 44.2 Å². The van der Waals surface area contributed by atoms with Crippen molar-refractivity contribution >= 4 is 11.8 Å². The fourth-order valence-electron chi connectivity index (χ4n) is 3.46. The Bertz CT molecular complexity index is 1110. The predicted octanol–water partition coefficient (Wildman–Crippen LogP) is 4.36. The maximum absolute atomic E-state index is 12.6. The van der Waals surface area contributed by atoms with E-state index >= 15 is 0 Å². The van der Waals surface area contributed by atoms with E-state index in [-0.39, 0.29) is 18.2 Å². The number of H-pyrrole nitrogens is 1. The molecule has 0 spiro atoms. The number of nitrogens with one attached hydrogen (secondary N) is 1. The van der Waals surface area contributed by atoms with Crippen molar-refractivity contribution in [2.24, 2.45) is 0 Å². The van der Waals surface area contributed by atoms with E-state index in [1.54, 1.807) is 4.57 Å². The summed E-state index contributed by atoms with van der Waals surface area (Å²) >= 11 is 1.48. The van der Waals surface area contributed by atoms with E-state index < -0.39 is 5.69 Å². The highest BCUT2D eigenvalue weighted by Gasteiger charge is 2.31. The molecule has 0 aliphatic heterocycles. The first-order valence-electron chi connectivity index (χ1n) is 9.76. The van der Waals surface area contributed by atoms with Crippen LogP contribution in [0.1, 0.15) is 41.0 Å². The van der Waals surface area contributed by atoms with Crippen molar-refractivity contribution in [1.82, 2.24) is 9.55 Å². The number of hydrogen-bond acceptors (Lipinski definition) is 4. The summed E-state index contributed by atoms with van der Waals surface area (Å²) in [6.45, 7) is 4.59. The van der Waals surface area contributed by atoms with Crippen molar-refractivity contribution in [1.29, 1.82) is 0 Å². The van der Waals surface area contributed by atoms with Crippen molar-refractivity contribution in [3.63, 3.8) is 0 Å². The molecule has 2 aromatic carbocycles. The van der Waals surface area contributed by atoms with Crippen LogP contribution in [0.25, 0.3) is 0 Å². The van der Waals surface area contributed by atoms with Crippen LogP contribution in [0.15, 0.2) is 68.0 Å². The van der Waals surface area contributed by atoms with Gasteiger partial charge in [0.15, 0.2) is 0 Å². The molecule has 0 atom stereocenters. The van der Waals surface area contributed by atoms with Crippen LogP contribution in [0.3, 0.4) is 0 Å². The normalized spacial score (nSPS) is 13.6. The van der Waals surface area contributed by atoms with Gasteiger partial charge in [-0.25, -0.2) is 4.79 Å². The number of aromatic nitrogens is 2. The van der Waals surface area contributed by atoms with Gasteiger partial charge in [-0.15, -0.1) is 0 Å². The van der Waals surface area contributed by atoms with Gasteiger partial charge in [-0.1, -0.05) is 48.2 Å². The van der Waals surface area contributed by atoms with Crippen LogP contribution < -0.4 is 11.2 Å². The van der Waals surface area contributed by atoms with Crippen molar-refractivity contribution < 1.29 is 4.74 Å². The highest BCUT2D eigenvalue weighted by atomic mass is 32.2.